The fourth-order valence-corrected chi connectivity index (χ4v) is 5.08. The standard InChI is InChI=1S/C22H22N2O6S/c1-28-19-10-9-17(13-20(19)31(26,27)24-11-5-6-12-24)22(25)30-15-18-14-29-21(23-18)16-7-3-2-4-8-16/h2-4,7-10,13-14H,5-6,11-12,15H2,1H3. The average molecular weight is 442 g/mol. The van der Waals surface area contributed by atoms with Crippen molar-refractivity contribution in [2.24, 2.45) is 0 Å². The van der Waals surface area contributed by atoms with Crippen LogP contribution in [-0.2, 0) is 21.4 Å². The molecule has 31 heavy (non-hydrogen) atoms. The molecule has 0 amide bonds. The smallest absolute Gasteiger partial charge is 0.338 e. The van der Waals surface area contributed by atoms with Gasteiger partial charge in [0.1, 0.15) is 29.2 Å². The first kappa shape index (κ1) is 21.1. The van der Waals surface area contributed by atoms with Crippen LogP contribution >= 0.6 is 0 Å². The summed E-state index contributed by atoms with van der Waals surface area (Å²) < 4.78 is 43.3. The number of hydrogen-bond acceptors (Lipinski definition) is 7. The van der Waals surface area contributed by atoms with Gasteiger partial charge in [0.15, 0.2) is 0 Å². The van der Waals surface area contributed by atoms with Crippen molar-refractivity contribution >= 4 is 16.0 Å². The highest BCUT2D eigenvalue weighted by Gasteiger charge is 2.30. The number of carbonyl (C=O) groups excluding carboxylic acids is 1. The van der Waals surface area contributed by atoms with Gasteiger partial charge in [-0.15, -0.1) is 0 Å². The molecular formula is C22H22N2O6S. The first-order valence-corrected chi connectivity index (χ1v) is 11.3. The van der Waals surface area contributed by atoms with Crippen molar-refractivity contribution in [1.82, 2.24) is 9.29 Å². The molecule has 9 heteroatoms. The fourth-order valence-electron chi connectivity index (χ4n) is 3.38. The van der Waals surface area contributed by atoms with Crippen molar-refractivity contribution in [3.05, 3.63) is 66.1 Å². The number of aromatic nitrogens is 1. The minimum atomic E-state index is -3.76. The van der Waals surface area contributed by atoms with Crippen LogP contribution in [0.1, 0.15) is 28.9 Å². The largest absolute Gasteiger partial charge is 0.495 e. The molecule has 4 rings (SSSR count). The number of nitrogens with zero attached hydrogens (tertiary/aromatic N) is 2. The lowest BCUT2D eigenvalue weighted by Crippen LogP contribution is -2.28. The quantitative estimate of drug-likeness (QED) is 0.517. The Morgan fingerprint density at radius 1 is 1.13 bits per heavy atom. The van der Waals surface area contributed by atoms with Gasteiger partial charge in [-0.25, -0.2) is 18.2 Å². The first-order chi connectivity index (χ1) is 15.0. The Kier molecular flexibility index (Phi) is 6.06. The van der Waals surface area contributed by atoms with E-state index < -0.39 is 16.0 Å². The van der Waals surface area contributed by atoms with Gasteiger partial charge in [0, 0.05) is 18.7 Å². The van der Waals surface area contributed by atoms with Crippen LogP contribution in [0.2, 0.25) is 0 Å². The molecule has 0 spiro atoms. The van der Waals surface area contributed by atoms with Gasteiger partial charge in [0.25, 0.3) is 0 Å². The van der Waals surface area contributed by atoms with Crippen molar-refractivity contribution in [3.63, 3.8) is 0 Å². The van der Waals surface area contributed by atoms with Gasteiger partial charge in [-0.3, -0.25) is 0 Å². The third-order valence-electron chi connectivity index (χ3n) is 5.01. The fraction of sp³-hybridized carbons (Fsp3) is 0.273. The van der Waals surface area contributed by atoms with Crippen molar-refractivity contribution in [3.8, 4) is 17.2 Å². The normalized spacial score (nSPS) is 14.5. The Morgan fingerprint density at radius 2 is 1.87 bits per heavy atom. The van der Waals surface area contributed by atoms with E-state index in [2.05, 4.69) is 4.98 Å². The van der Waals surface area contributed by atoms with Gasteiger partial charge in [0.05, 0.1) is 12.7 Å². The summed E-state index contributed by atoms with van der Waals surface area (Å²) in [6, 6.07) is 13.6. The van der Waals surface area contributed by atoms with Crippen molar-refractivity contribution in [1.29, 1.82) is 0 Å². The summed E-state index contributed by atoms with van der Waals surface area (Å²) in [4.78, 5) is 16.8. The lowest BCUT2D eigenvalue weighted by Gasteiger charge is -2.18. The Bertz CT molecular complexity index is 1170. The van der Waals surface area contributed by atoms with Crippen LogP contribution in [0.15, 0.2) is 64.1 Å². The monoisotopic (exact) mass is 442 g/mol. The third-order valence-corrected chi connectivity index (χ3v) is 6.93. The zero-order valence-electron chi connectivity index (χ0n) is 17.0. The second kappa shape index (κ2) is 8.91. The predicted molar refractivity (Wildman–Crippen MR) is 112 cm³/mol. The van der Waals surface area contributed by atoms with Crippen molar-refractivity contribution in [2.75, 3.05) is 20.2 Å². The molecular weight excluding hydrogens is 420 g/mol. The Labute approximate surface area is 180 Å². The molecule has 1 aromatic heterocycles. The van der Waals surface area contributed by atoms with E-state index in [1.54, 1.807) is 0 Å². The molecule has 0 atom stereocenters. The zero-order chi connectivity index (χ0) is 21.8. The van der Waals surface area contributed by atoms with Crippen LogP contribution in [0.5, 0.6) is 5.75 Å². The van der Waals surface area contributed by atoms with Gasteiger partial charge in [-0.1, -0.05) is 18.2 Å². The molecule has 2 heterocycles. The second-order valence-corrected chi connectivity index (χ2v) is 8.97. The molecule has 1 fully saturated rings. The van der Waals surface area contributed by atoms with E-state index in [0.29, 0.717) is 24.7 Å². The Morgan fingerprint density at radius 3 is 2.58 bits per heavy atom. The van der Waals surface area contributed by atoms with Crippen LogP contribution in [0.4, 0.5) is 0 Å². The van der Waals surface area contributed by atoms with Crippen LogP contribution in [0, 0.1) is 0 Å². The molecule has 1 aliphatic rings. The maximum atomic E-state index is 13.0. The number of esters is 1. The average Bonchev–Trinajstić information content (AvgIpc) is 3.50. The number of sulfonamides is 1. The summed E-state index contributed by atoms with van der Waals surface area (Å²) in [5.41, 5.74) is 1.38. The number of benzene rings is 2. The van der Waals surface area contributed by atoms with E-state index in [1.807, 2.05) is 30.3 Å². The molecule has 0 N–H and O–H groups in total. The SMILES string of the molecule is COc1ccc(C(=O)OCc2coc(-c3ccccc3)n2)cc1S(=O)(=O)N1CCCC1. The number of rotatable bonds is 7. The molecule has 162 valence electrons. The van der Waals surface area contributed by atoms with E-state index in [4.69, 9.17) is 13.9 Å². The molecule has 0 aliphatic carbocycles. The predicted octanol–water partition coefficient (Wildman–Crippen LogP) is 3.49. The highest BCUT2D eigenvalue weighted by atomic mass is 32.2. The van der Waals surface area contributed by atoms with Crippen molar-refractivity contribution in [2.45, 2.75) is 24.3 Å². The van der Waals surface area contributed by atoms with Gasteiger partial charge < -0.3 is 13.9 Å². The molecule has 2 aromatic carbocycles. The van der Waals surface area contributed by atoms with Crippen molar-refractivity contribution < 1.29 is 27.1 Å². The minimum absolute atomic E-state index is 0.0425. The molecule has 3 aromatic rings. The Hall–Kier alpha value is -3.17. The summed E-state index contributed by atoms with van der Waals surface area (Å²) in [5.74, 6) is -0.0488. The minimum Gasteiger partial charge on any atom is -0.495 e. The van der Waals surface area contributed by atoms with Gasteiger partial charge in [-0.05, 0) is 43.2 Å². The van der Waals surface area contributed by atoms with Crippen LogP contribution < -0.4 is 4.74 Å². The maximum absolute atomic E-state index is 13.0. The lowest BCUT2D eigenvalue weighted by molar-refractivity contribution is 0.0467. The number of carbonyl (C=O) groups is 1. The molecule has 1 aliphatic heterocycles. The molecule has 0 unspecified atom stereocenters. The van der Waals surface area contributed by atoms with Gasteiger partial charge in [0.2, 0.25) is 15.9 Å². The van der Waals surface area contributed by atoms with E-state index in [1.165, 1.54) is 35.9 Å². The third kappa shape index (κ3) is 4.47. The Balaban J connectivity index is 1.49. The topological polar surface area (TPSA) is 98.9 Å². The summed E-state index contributed by atoms with van der Waals surface area (Å²) in [6.07, 6.45) is 3.05. The highest BCUT2D eigenvalue weighted by Crippen LogP contribution is 2.30. The van der Waals surface area contributed by atoms with E-state index in [-0.39, 0.29) is 22.8 Å². The number of methoxy groups -OCH3 is 1. The molecule has 0 radical (unpaired) electrons. The highest BCUT2D eigenvalue weighted by molar-refractivity contribution is 7.89. The number of ether oxygens (including phenoxy) is 2. The molecule has 0 saturated carbocycles. The lowest BCUT2D eigenvalue weighted by atomic mass is 10.2. The van der Waals surface area contributed by atoms with E-state index in [0.717, 1.165) is 18.4 Å². The van der Waals surface area contributed by atoms with Crippen LogP contribution in [-0.4, -0.2) is 43.9 Å². The van der Waals surface area contributed by atoms with Gasteiger partial charge >= 0.3 is 5.97 Å². The maximum Gasteiger partial charge on any atom is 0.338 e. The van der Waals surface area contributed by atoms with Crippen LogP contribution in [0.25, 0.3) is 11.5 Å². The summed E-state index contributed by atoms with van der Waals surface area (Å²) in [6.45, 7) is 0.807. The van der Waals surface area contributed by atoms with E-state index in [9.17, 15) is 13.2 Å². The molecule has 8 nitrogen and oxygen atoms in total. The van der Waals surface area contributed by atoms with Gasteiger partial charge in [-0.2, -0.15) is 4.31 Å². The zero-order valence-corrected chi connectivity index (χ0v) is 17.8. The molecule has 1 saturated heterocycles. The number of oxazole rings is 1. The summed E-state index contributed by atoms with van der Waals surface area (Å²) in [7, 11) is -2.36. The first-order valence-electron chi connectivity index (χ1n) is 9.84. The molecule has 0 bridgehead atoms. The van der Waals surface area contributed by atoms with E-state index >= 15 is 0 Å². The summed E-state index contributed by atoms with van der Waals surface area (Å²) >= 11 is 0. The summed E-state index contributed by atoms with van der Waals surface area (Å²) in [5, 5.41) is 0. The number of hydrogen-bond donors (Lipinski definition) is 0. The van der Waals surface area contributed by atoms with Crippen LogP contribution in [0.3, 0.4) is 0 Å². The second-order valence-electron chi connectivity index (χ2n) is 7.06.